The lowest BCUT2D eigenvalue weighted by Crippen LogP contribution is -2.39. The third kappa shape index (κ3) is 5.78. The molecule has 0 saturated carbocycles. The van der Waals surface area contributed by atoms with E-state index in [0.29, 0.717) is 29.6 Å². The highest BCUT2D eigenvalue weighted by atomic mass is 32.1. The van der Waals surface area contributed by atoms with Gasteiger partial charge in [-0.1, -0.05) is 65.9 Å². The monoisotopic (exact) mass is 507 g/mol. The second-order valence-electron chi connectivity index (χ2n) is 8.82. The minimum Gasteiger partial charge on any atom is -0.379 e. The molecule has 0 unspecified atom stereocenters. The molecule has 0 aliphatic carbocycles. The number of hydrogen-bond acceptors (Lipinski definition) is 5. The predicted octanol–water partition coefficient (Wildman–Crippen LogP) is 5.54. The Hall–Kier alpha value is -3.20. The van der Waals surface area contributed by atoms with Gasteiger partial charge in [-0.05, 0) is 29.2 Å². The van der Waals surface area contributed by atoms with Crippen molar-refractivity contribution >= 4 is 32.6 Å². The molecule has 0 atom stereocenters. The van der Waals surface area contributed by atoms with Crippen LogP contribution in [0.25, 0.3) is 21.3 Å². The molecular weight excluding hydrogens is 480 g/mol. The van der Waals surface area contributed by atoms with E-state index < -0.39 is 11.6 Å². The van der Waals surface area contributed by atoms with Gasteiger partial charge in [-0.3, -0.25) is 14.6 Å². The Bertz CT molecular complexity index is 1320. The van der Waals surface area contributed by atoms with Crippen molar-refractivity contribution in [1.82, 2.24) is 9.88 Å². The summed E-state index contributed by atoms with van der Waals surface area (Å²) in [5.41, 5.74) is 3.17. The Morgan fingerprint density at radius 3 is 2.47 bits per heavy atom. The first-order chi connectivity index (χ1) is 17.6. The molecule has 1 saturated heterocycles. The number of carbonyl (C=O) groups is 1. The lowest BCUT2D eigenvalue weighted by Gasteiger charge is -2.27. The summed E-state index contributed by atoms with van der Waals surface area (Å²) in [6.45, 7) is 4.43. The largest absolute Gasteiger partial charge is 0.379 e. The Kier molecular flexibility index (Phi) is 7.65. The van der Waals surface area contributed by atoms with Crippen molar-refractivity contribution < 1.29 is 18.3 Å². The van der Waals surface area contributed by atoms with Gasteiger partial charge in [0.15, 0.2) is 10.9 Å². The van der Waals surface area contributed by atoms with Crippen LogP contribution >= 0.6 is 11.3 Å². The summed E-state index contributed by atoms with van der Waals surface area (Å²) in [5, 5.41) is 0.391. The number of aromatic nitrogens is 1. The fraction of sp³-hybridized carbons (Fsp3) is 0.286. The molecule has 36 heavy (non-hydrogen) atoms. The molecular formula is C28H27F2N3O2S. The second kappa shape index (κ2) is 11.2. The number of rotatable bonds is 8. The van der Waals surface area contributed by atoms with Gasteiger partial charge in [0, 0.05) is 32.2 Å². The van der Waals surface area contributed by atoms with Crippen LogP contribution in [0.1, 0.15) is 12.0 Å². The van der Waals surface area contributed by atoms with E-state index in [1.54, 1.807) is 4.90 Å². The van der Waals surface area contributed by atoms with Crippen LogP contribution in [-0.2, 0) is 16.0 Å². The summed E-state index contributed by atoms with van der Waals surface area (Å²) < 4.78 is 33.9. The fourth-order valence-corrected chi connectivity index (χ4v) is 5.43. The topological polar surface area (TPSA) is 45.7 Å². The van der Waals surface area contributed by atoms with Crippen molar-refractivity contribution in [1.29, 1.82) is 0 Å². The number of fused-ring (bicyclic) bond motifs is 1. The van der Waals surface area contributed by atoms with Gasteiger partial charge in [-0.15, -0.1) is 0 Å². The molecule has 8 heteroatoms. The van der Waals surface area contributed by atoms with Gasteiger partial charge in [0.2, 0.25) is 5.91 Å². The molecule has 1 fully saturated rings. The fourth-order valence-electron chi connectivity index (χ4n) is 4.38. The van der Waals surface area contributed by atoms with E-state index in [1.165, 1.54) is 6.07 Å². The summed E-state index contributed by atoms with van der Waals surface area (Å²) >= 11 is 1.14. The minimum atomic E-state index is -0.718. The van der Waals surface area contributed by atoms with Crippen molar-refractivity contribution in [3.63, 3.8) is 0 Å². The Balaban J connectivity index is 1.34. The van der Waals surface area contributed by atoms with E-state index >= 15 is 0 Å². The number of nitrogens with zero attached hydrogens (tertiary/aromatic N) is 3. The molecule has 186 valence electrons. The molecule has 1 amide bonds. The molecule has 5 nitrogen and oxygen atoms in total. The number of anilines is 1. The summed E-state index contributed by atoms with van der Waals surface area (Å²) in [4.78, 5) is 21.8. The van der Waals surface area contributed by atoms with E-state index in [0.717, 1.165) is 60.1 Å². The van der Waals surface area contributed by atoms with Crippen LogP contribution in [0.4, 0.5) is 13.9 Å². The number of carbonyl (C=O) groups excluding carboxylic acids is 1. The number of hydrogen-bond donors (Lipinski definition) is 0. The first-order valence-electron chi connectivity index (χ1n) is 12.1. The average molecular weight is 508 g/mol. The molecule has 1 aliphatic rings. The van der Waals surface area contributed by atoms with Crippen LogP contribution in [0.3, 0.4) is 0 Å². The Morgan fingerprint density at radius 1 is 1.00 bits per heavy atom. The molecule has 0 radical (unpaired) electrons. The maximum Gasteiger partial charge on any atom is 0.233 e. The van der Waals surface area contributed by atoms with Crippen LogP contribution in [0.15, 0.2) is 66.7 Å². The molecule has 0 N–H and O–H groups in total. The number of benzene rings is 3. The quantitative estimate of drug-likeness (QED) is 0.314. The SMILES string of the molecule is O=C(Cc1ccc(-c2ccccc2)cc1)N(CCCN1CCOCC1)c1nc2c(F)cc(F)cc2s1. The summed E-state index contributed by atoms with van der Waals surface area (Å²) in [5.74, 6) is -1.49. The summed E-state index contributed by atoms with van der Waals surface area (Å²) in [6.07, 6.45) is 0.935. The minimum absolute atomic E-state index is 0.0922. The molecule has 0 bridgehead atoms. The Morgan fingerprint density at radius 2 is 1.72 bits per heavy atom. The number of amides is 1. The van der Waals surface area contributed by atoms with Gasteiger partial charge >= 0.3 is 0 Å². The van der Waals surface area contributed by atoms with E-state index in [4.69, 9.17) is 4.74 Å². The Labute approximate surface area is 212 Å². The highest BCUT2D eigenvalue weighted by molar-refractivity contribution is 7.22. The van der Waals surface area contributed by atoms with E-state index in [1.807, 2.05) is 54.6 Å². The zero-order valence-corrected chi connectivity index (χ0v) is 20.6. The first kappa shape index (κ1) is 24.5. The molecule has 2 heterocycles. The number of ether oxygens (including phenoxy) is 1. The van der Waals surface area contributed by atoms with Crippen LogP contribution in [-0.4, -0.2) is 55.2 Å². The number of thiazole rings is 1. The number of morpholine rings is 1. The van der Waals surface area contributed by atoms with Gasteiger partial charge in [-0.2, -0.15) is 0 Å². The number of halogens is 2. The maximum atomic E-state index is 14.3. The van der Waals surface area contributed by atoms with Crippen molar-refractivity contribution in [2.24, 2.45) is 0 Å². The van der Waals surface area contributed by atoms with Gasteiger partial charge in [-0.25, -0.2) is 13.8 Å². The van der Waals surface area contributed by atoms with Crippen LogP contribution < -0.4 is 4.90 Å². The lowest BCUT2D eigenvalue weighted by atomic mass is 10.0. The van der Waals surface area contributed by atoms with Gasteiger partial charge < -0.3 is 4.74 Å². The second-order valence-corrected chi connectivity index (χ2v) is 9.83. The van der Waals surface area contributed by atoms with Gasteiger partial charge in [0.1, 0.15) is 11.3 Å². The molecule has 1 aliphatic heterocycles. The molecule has 5 rings (SSSR count). The van der Waals surface area contributed by atoms with Crippen LogP contribution in [0, 0.1) is 11.6 Å². The van der Waals surface area contributed by atoms with Crippen LogP contribution in [0.2, 0.25) is 0 Å². The predicted molar refractivity (Wildman–Crippen MR) is 139 cm³/mol. The first-order valence-corrected chi connectivity index (χ1v) is 12.9. The van der Waals surface area contributed by atoms with Crippen LogP contribution in [0.5, 0.6) is 0 Å². The lowest BCUT2D eigenvalue weighted by molar-refractivity contribution is -0.118. The smallest absolute Gasteiger partial charge is 0.233 e. The highest BCUT2D eigenvalue weighted by Crippen LogP contribution is 2.32. The maximum absolute atomic E-state index is 14.3. The third-order valence-electron chi connectivity index (χ3n) is 6.31. The standard InChI is InChI=1S/C28H27F2N3O2S/c29-23-18-24(30)27-25(19-23)36-28(31-27)33(12-4-11-32-13-15-35-16-14-32)26(34)17-20-7-9-22(10-8-20)21-5-2-1-3-6-21/h1-3,5-10,18-19H,4,11-17H2. The molecule has 3 aromatic carbocycles. The summed E-state index contributed by atoms with van der Waals surface area (Å²) in [7, 11) is 0. The van der Waals surface area contributed by atoms with Gasteiger partial charge in [0.25, 0.3) is 0 Å². The summed E-state index contributed by atoms with van der Waals surface area (Å²) in [6, 6.07) is 20.1. The zero-order valence-electron chi connectivity index (χ0n) is 19.8. The van der Waals surface area contributed by atoms with E-state index in [9.17, 15) is 13.6 Å². The highest BCUT2D eigenvalue weighted by Gasteiger charge is 2.22. The van der Waals surface area contributed by atoms with E-state index in [2.05, 4.69) is 9.88 Å². The normalized spacial score (nSPS) is 14.3. The average Bonchev–Trinajstić information content (AvgIpc) is 3.32. The van der Waals surface area contributed by atoms with Crippen molar-refractivity contribution in [2.75, 3.05) is 44.3 Å². The van der Waals surface area contributed by atoms with Crippen molar-refractivity contribution in [3.8, 4) is 11.1 Å². The van der Waals surface area contributed by atoms with E-state index in [-0.39, 0.29) is 17.8 Å². The molecule has 0 spiro atoms. The zero-order chi connectivity index (χ0) is 24.9. The molecule has 4 aromatic rings. The third-order valence-corrected chi connectivity index (χ3v) is 7.34. The van der Waals surface area contributed by atoms with Crippen molar-refractivity contribution in [3.05, 3.63) is 83.9 Å². The van der Waals surface area contributed by atoms with Crippen molar-refractivity contribution in [2.45, 2.75) is 12.8 Å². The molecule has 1 aromatic heterocycles. The van der Waals surface area contributed by atoms with Gasteiger partial charge in [0.05, 0.1) is 24.3 Å².